The molecule has 2 aromatic carbocycles. The second-order valence-electron chi connectivity index (χ2n) is 8.86. The van der Waals surface area contributed by atoms with Crippen LogP contribution in [-0.2, 0) is 10.0 Å². The van der Waals surface area contributed by atoms with Crippen LogP contribution in [0.15, 0.2) is 40.8 Å². The molecule has 1 fully saturated rings. The lowest BCUT2D eigenvalue weighted by Crippen LogP contribution is -2.24. The number of rotatable bonds is 9. The standard InChI is InChI=1S/C25H29FN2O5S/c1-4-28(5-2)13-15(3)10-16-11-18(26)6-9-22(16)34(31,32)27-21-8-7-19-20-12-17(20)14-33-24(19)23(21)25(29)30/h6-11,17,20,27H,4-5,12-14H2,1-3H3,(H,29,30)/b15-10-. The first-order valence-electron chi connectivity index (χ1n) is 11.4. The summed E-state index contributed by atoms with van der Waals surface area (Å²) in [5, 5.41) is 9.85. The minimum absolute atomic E-state index is 0.0792. The summed E-state index contributed by atoms with van der Waals surface area (Å²) in [4.78, 5) is 14.1. The molecule has 0 saturated heterocycles. The molecular formula is C25H29FN2O5S. The molecule has 0 aromatic heterocycles. The lowest BCUT2D eigenvalue weighted by molar-refractivity contribution is 0.0692. The van der Waals surface area contributed by atoms with E-state index in [9.17, 15) is 22.7 Å². The average molecular weight is 489 g/mol. The van der Waals surface area contributed by atoms with Crippen molar-refractivity contribution in [3.63, 3.8) is 0 Å². The Bertz CT molecular complexity index is 1250. The highest BCUT2D eigenvalue weighted by Gasteiger charge is 2.45. The number of nitrogens with one attached hydrogen (secondary N) is 1. The number of nitrogens with zero attached hydrogens (tertiary/aromatic N) is 1. The summed E-state index contributed by atoms with van der Waals surface area (Å²) < 4.78 is 48.9. The number of carboxylic acids is 1. The maximum atomic E-state index is 14.1. The Morgan fingerprint density at radius 2 is 2.00 bits per heavy atom. The van der Waals surface area contributed by atoms with Crippen molar-refractivity contribution in [2.45, 2.75) is 38.0 Å². The van der Waals surface area contributed by atoms with Crippen LogP contribution < -0.4 is 9.46 Å². The monoisotopic (exact) mass is 488 g/mol. The molecule has 2 atom stereocenters. The molecule has 1 aliphatic carbocycles. The Kier molecular flexibility index (Phi) is 6.69. The van der Waals surface area contributed by atoms with E-state index in [-0.39, 0.29) is 33.4 Å². The molecule has 1 aliphatic heterocycles. The molecule has 0 spiro atoms. The van der Waals surface area contributed by atoms with E-state index >= 15 is 0 Å². The topological polar surface area (TPSA) is 95.9 Å². The third-order valence-electron chi connectivity index (χ3n) is 6.44. The summed E-state index contributed by atoms with van der Waals surface area (Å²) in [6.45, 7) is 8.63. The van der Waals surface area contributed by atoms with E-state index in [1.807, 2.05) is 20.8 Å². The number of benzene rings is 2. The fraction of sp³-hybridized carbons (Fsp3) is 0.400. The molecule has 0 radical (unpaired) electrons. The van der Waals surface area contributed by atoms with Crippen LogP contribution in [0.1, 0.15) is 54.6 Å². The Morgan fingerprint density at radius 3 is 2.68 bits per heavy atom. The maximum Gasteiger partial charge on any atom is 0.341 e. The molecule has 9 heteroatoms. The number of halogens is 1. The van der Waals surface area contributed by atoms with Gasteiger partial charge in [-0.1, -0.05) is 31.6 Å². The molecule has 7 nitrogen and oxygen atoms in total. The number of ether oxygens (including phenoxy) is 1. The van der Waals surface area contributed by atoms with Gasteiger partial charge in [0.05, 0.1) is 17.2 Å². The van der Waals surface area contributed by atoms with Crippen molar-refractivity contribution >= 4 is 27.8 Å². The molecule has 1 heterocycles. The van der Waals surface area contributed by atoms with Gasteiger partial charge in [0.1, 0.15) is 17.1 Å². The normalized spacial score (nSPS) is 19.3. The van der Waals surface area contributed by atoms with Gasteiger partial charge in [-0.2, -0.15) is 0 Å². The van der Waals surface area contributed by atoms with Crippen LogP contribution in [0, 0.1) is 11.7 Å². The van der Waals surface area contributed by atoms with Gasteiger partial charge in [0, 0.05) is 12.5 Å². The van der Waals surface area contributed by atoms with E-state index in [4.69, 9.17) is 4.74 Å². The van der Waals surface area contributed by atoms with Crippen molar-refractivity contribution in [1.82, 2.24) is 4.90 Å². The number of hydrogen-bond donors (Lipinski definition) is 2. The molecule has 2 unspecified atom stereocenters. The van der Waals surface area contributed by atoms with Crippen LogP contribution in [0.3, 0.4) is 0 Å². The largest absolute Gasteiger partial charge is 0.492 e. The smallest absolute Gasteiger partial charge is 0.341 e. The van der Waals surface area contributed by atoms with Crippen molar-refractivity contribution in [3.05, 3.63) is 58.4 Å². The predicted octanol–water partition coefficient (Wildman–Crippen LogP) is 4.57. The molecule has 0 amide bonds. The van der Waals surface area contributed by atoms with Gasteiger partial charge in [-0.25, -0.2) is 17.6 Å². The zero-order valence-corrected chi connectivity index (χ0v) is 20.3. The molecule has 2 aromatic rings. The van der Waals surface area contributed by atoms with Crippen molar-refractivity contribution < 1.29 is 27.4 Å². The van der Waals surface area contributed by atoms with Gasteiger partial charge in [0.15, 0.2) is 0 Å². The van der Waals surface area contributed by atoms with Crippen LogP contribution in [0.4, 0.5) is 10.1 Å². The lowest BCUT2D eigenvalue weighted by Gasteiger charge is -2.21. The lowest BCUT2D eigenvalue weighted by atomic mass is 10.0. The maximum absolute atomic E-state index is 14.1. The SMILES string of the molecule is CCN(CC)C/C(C)=C\c1cc(F)ccc1S(=O)(=O)Nc1ccc2c(c1C(=O)O)OCC1CC21. The van der Waals surface area contributed by atoms with Crippen LogP contribution >= 0.6 is 0 Å². The fourth-order valence-corrected chi connectivity index (χ4v) is 5.78. The van der Waals surface area contributed by atoms with Crippen LogP contribution in [-0.4, -0.2) is 50.6 Å². The third kappa shape index (κ3) is 4.81. The van der Waals surface area contributed by atoms with Gasteiger partial charge in [-0.15, -0.1) is 0 Å². The summed E-state index contributed by atoms with van der Waals surface area (Å²) in [5.41, 5.74) is 1.59. The highest BCUT2D eigenvalue weighted by atomic mass is 32.2. The van der Waals surface area contributed by atoms with Gasteiger partial charge >= 0.3 is 5.97 Å². The highest BCUT2D eigenvalue weighted by Crippen LogP contribution is 2.55. The van der Waals surface area contributed by atoms with Crippen molar-refractivity contribution in [3.8, 4) is 5.75 Å². The van der Waals surface area contributed by atoms with Gasteiger partial charge in [-0.3, -0.25) is 9.62 Å². The van der Waals surface area contributed by atoms with Crippen molar-refractivity contribution in [2.75, 3.05) is 31.0 Å². The van der Waals surface area contributed by atoms with E-state index in [0.717, 1.165) is 36.7 Å². The number of sulfonamides is 1. The second-order valence-corrected chi connectivity index (χ2v) is 10.5. The van der Waals surface area contributed by atoms with E-state index in [1.54, 1.807) is 12.1 Å². The van der Waals surface area contributed by atoms with Crippen molar-refractivity contribution in [2.24, 2.45) is 5.92 Å². The number of aromatic carboxylic acids is 1. The Labute approximate surface area is 199 Å². The summed E-state index contributed by atoms with van der Waals surface area (Å²) in [6.07, 6.45) is 2.59. The first-order chi connectivity index (χ1) is 16.1. The van der Waals surface area contributed by atoms with Crippen molar-refractivity contribution in [1.29, 1.82) is 0 Å². The molecule has 34 heavy (non-hydrogen) atoms. The number of hydrogen-bond acceptors (Lipinski definition) is 5. The van der Waals surface area contributed by atoms with Crippen LogP contribution in [0.25, 0.3) is 6.08 Å². The molecule has 2 aliphatic rings. The molecule has 1 saturated carbocycles. The minimum Gasteiger partial charge on any atom is -0.492 e. The Morgan fingerprint density at radius 1 is 1.26 bits per heavy atom. The predicted molar refractivity (Wildman–Crippen MR) is 128 cm³/mol. The number of fused-ring (bicyclic) bond motifs is 3. The van der Waals surface area contributed by atoms with Gasteiger partial charge in [-0.05, 0) is 67.7 Å². The molecule has 182 valence electrons. The Hall–Kier alpha value is -2.91. The number of carboxylic acid groups (broad SMARTS) is 1. The Balaban J connectivity index is 1.71. The number of anilines is 1. The fourth-order valence-electron chi connectivity index (χ4n) is 4.53. The molecule has 0 bridgehead atoms. The van der Waals surface area contributed by atoms with Gasteiger partial charge in [0.25, 0.3) is 10.0 Å². The van der Waals surface area contributed by atoms with E-state index in [1.165, 1.54) is 18.2 Å². The second kappa shape index (κ2) is 9.38. The zero-order valence-electron chi connectivity index (χ0n) is 19.5. The van der Waals surface area contributed by atoms with Crippen LogP contribution in [0.5, 0.6) is 5.75 Å². The van der Waals surface area contributed by atoms with Gasteiger partial charge in [0.2, 0.25) is 0 Å². The van der Waals surface area contributed by atoms with E-state index < -0.39 is 21.8 Å². The quantitative estimate of drug-likeness (QED) is 0.537. The first-order valence-corrected chi connectivity index (χ1v) is 12.9. The van der Waals surface area contributed by atoms with E-state index in [0.29, 0.717) is 19.1 Å². The summed E-state index contributed by atoms with van der Waals surface area (Å²) >= 11 is 0. The van der Waals surface area contributed by atoms with Gasteiger partial charge < -0.3 is 9.84 Å². The molecule has 2 N–H and O–H groups in total. The number of likely N-dealkylation sites (N-methyl/N-ethyl adjacent to an activating group) is 1. The number of carbonyl (C=O) groups is 1. The highest BCUT2D eigenvalue weighted by molar-refractivity contribution is 7.92. The van der Waals surface area contributed by atoms with Crippen LogP contribution in [0.2, 0.25) is 0 Å². The summed E-state index contributed by atoms with van der Waals surface area (Å²) in [6, 6.07) is 6.63. The average Bonchev–Trinajstić information content (AvgIpc) is 3.56. The third-order valence-corrected chi connectivity index (χ3v) is 7.88. The minimum atomic E-state index is -4.23. The summed E-state index contributed by atoms with van der Waals surface area (Å²) in [5.74, 6) is -0.961. The molecule has 4 rings (SSSR count). The zero-order chi connectivity index (χ0) is 24.6. The van der Waals surface area contributed by atoms with E-state index in [2.05, 4.69) is 9.62 Å². The molecular weight excluding hydrogens is 459 g/mol. The summed E-state index contributed by atoms with van der Waals surface area (Å²) in [7, 11) is -4.23. The first kappa shape index (κ1) is 24.2.